The minimum atomic E-state index is -2.71. The summed E-state index contributed by atoms with van der Waals surface area (Å²) in [5.41, 5.74) is 2.09. The van der Waals surface area contributed by atoms with Crippen LogP contribution in [-0.2, 0) is 4.74 Å². The average molecular weight is 391 g/mol. The number of ether oxygens (including phenoxy) is 1. The van der Waals surface area contributed by atoms with Crippen LogP contribution in [0.1, 0.15) is 22.5 Å². The van der Waals surface area contributed by atoms with Gasteiger partial charge in [0.15, 0.2) is 17.8 Å². The van der Waals surface area contributed by atoms with Crippen LogP contribution in [-0.4, -0.2) is 72.0 Å². The molecule has 0 aliphatic carbocycles. The molecule has 2 aliphatic heterocycles. The number of aryl methyl sites for hydroxylation is 1. The first-order chi connectivity index (χ1) is 13.4. The van der Waals surface area contributed by atoms with Gasteiger partial charge < -0.3 is 14.1 Å². The summed E-state index contributed by atoms with van der Waals surface area (Å²) in [6.45, 7) is 2.74. The molecule has 1 aromatic heterocycles. The van der Waals surface area contributed by atoms with E-state index in [4.69, 9.17) is 9.15 Å². The zero-order valence-electron chi connectivity index (χ0n) is 15.9. The van der Waals surface area contributed by atoms with Crippen LogP contribution in [0.3, 0.4) is 0 Å². The van der Waals surface area contributed by atoms with Crippen LogP contribution in [0.5, 0.6) is 0 Å². The van der Waals surface area contributed by atoms with Gasteiger partial charge in [0.2, 0.25) is 0 Å². The van der Waals surface area contributed by atoms with Gasteiger partial charge >= 0.3 is 0 Å². The number of hydrogen-bond donors (Lipinski definition) is 0. The Hall–Kier alpha value is -2.32. The number of likely N-dealkylation sites (tertiary alicyclic amines) is 2. The summed E-state index contributed by atoms with van der Waals surface area (Å²) in [5, 5.41) is 0. The molecule has 28 heavy (non-hydrogen) atoms. The fourth-order valence-corrected chi connectivity index (χ4v) is 4.07. The first-order valence-electron chi connectivity index (χ1n) is 9.30. The lowest BCUT2D eigenvalue weighted by atomic mass is 10.0. The molecular formula is C20H23F2N3O3. The minimum absolute atomic E-state index is 0.0909. The Bertz CT molecular complexity index is 864. The number of amides is 1. The van der Waals surface area contributed by atoms with E-state index in [-0.39, 0.29) is 43.3 Å². The van der Waals surface area contributed by atoms with Crippen LogP contribution < -0.4 is 0 Å². The highest BCUT2D eigenvalue weighted by atomic mass is 19.3. The molecule has 2 aromatic rings. The molecule has 2 saturated heterocycles. The molecule has 0 unspecified atom stereocenters. The lowest BCUT2D eigenvalue weighted by molar-refractivity contribution is -0.0137. The van der Waals surface area contributed by atoms with Gasteiger partial charge in [-0.1, -0.05) is 23.8 Å². The van der Waals surface area contributed by atoms with Crippen molar-refractivity contribution in [2.45, 2.75) is 31.4 Å². The predicted octanol–water partition coefficient (Wildman–Crippen LogP) is 2.83. The number of hydrogen-bond acceptors (Lipinski definition) is 5. The van der Waals surface area contributed by atoms with Crippen LogP contribution in [0, 0.1) is 6.92 Å². The van der Waals surface area contributed by atoms with Gasteiger partial charge in [0, 0.05) is 44.3 Å². The number of aromatic nitrogens is 1. The van der Waals surface area contributed by atoms with Crippen molar-refractivity contribution < 1.29 is 22.7 Å². The number of halogens is 2. The normalized spacial score (nSPS) is 22.4. The van der Waals surface area contributed by atoms with Crippen molar-refractivity contribution in [3.63, 3.8) is 0 Å². The largest absolute Gasteiger partial charge is 0.443 e. The molecule has 8 heteroatoms. The molecule has 0 N–H and O–H groups in total. The van der Waals surface area contributed by atoms with Gasteiger partial charge in [-0.2, -0.15) is 0 Å². The van der Waals surface area contributed by atoms with Gasteiger partial charge in [0.05, 0.1) is 13.2 Å². The van der Waals surface area contributed by atoms with Crippen molar-refractivity contribution in [3.05, 3.63) is 41.9 Å². The van der Waals surface area contributed by atoms with Crippen LogP contribution in [0.25, 0.3) is 11.3 Å². The molecule has 2 aliphatic rings. The summed E-state index contributed by atoms with van der Waals surface area (Å²) < 4.78 is 38.2. The van der Waals surface area contributed by atoms with E-state index in [1.165, 1.54) is 13.5 Å². The van der Waals surface area contributed by atoms with Crippen LogP contribution >= 0.6 is 0 Å². The molecule has 150 valence electrons. The maximum Gasteiger partial charge on any atom is 0.276 e. The van der Waals surface area contributed by atoms with E-state index in [0.717, 1.165) is 11.1 Å². The molecule has 0 spiro atoms. The SMILES string of the molecule is COC[C@@H]1CC(F)(F)CN1C1CN(C(=O)c2ncoc2-c2cccc(C)c2)C1. The first kappa shape index (κ1) is 19.0. The van der Waals surface area contributed by atoms with Gasteiger partial charge in [0.25, 0.3) is 11.8 Å². The molecule has 1 aromatic carbocycles. The van der Waals surface area contributed by atoms with Crippen LogP contribution in [0.2, 0.25) is 0 Å². The average Bonchev–Trinajstić information content (AvgIpc) is 3.18. The molecule has 1 amide bonds. The van der Waals surface area contributed by atoms with Gasteiger partial charge in [-0.25, -0.2) is 13.8 Å². The van der Waals surface area contributed by atoms with E-state index in [1.807, 2.05) is 31.2 Å². The summed E-state index contributed by atoms with van der Waals surface area (Å²) in [7, 11) is 1.52. The van der Waals surface area contributed by atoms with Crippen molar-refractivity contribution in [3.8, 4) is 11.3 Å². The molecule has 3 heterocycles. The van der Waals surface area contributed by atoms with E-state index in [1.54, 1.807) is 9.80 Å². The van der Waals surface area contributed by atoms with Crippen molar-refractivity contribution in [1.82, 2.24) is 14.8 Å². The Morgan fingerprint density at radius 3 is 2.89 bits per heavy atom. The minimum Gasteiger partial charge on any atom is -0.443 e. The Morgan fingerprint density at radius 2 is 2.18 bits per heavy atom. The van der Waals surface area contributed by atoms with Crippen LogP contribution in [0.15, 0.2) is 35.1 Å². The van der Waals surface area contributed by atoms with Gasteiger partial charge in [-0.3, -0.25) is 9.69 Å². The number of rotatable bonds is 5. The third kappa shape index (κ3) is 3.54. The number of oxazole rings is 1. The van der Waals surface area contributed by atoms with E-state index >= 15 is 0 Å². The summed E-state index contributed by atoms with van der Waals surface area (Å²) >= 11 is 0. The van der Waals surface area contributed by atoms with Gasteiger partial charge in [-0.15, -0.1) is 0 Å². The molecular weight excluding hydrogens is 368 g/mol. The summed E-state index contributed by atoms with van der Waals surface area (Å²) in [6, 6.07) is 7.24. The molecule has 0 saturated carbocycles. The lowest BCUT2D eigenvalue weighted by Crippen LogP contribution is -2.62. The van der Waals surface area contributed by atoms with Crippen molar-refractivity contribution in [2.24, 2.45) is 0 Å². The Labute approximate surface area is 162 Å². The zero-order chi connectivity index (χ0) is 19.9. The third-order valence-electron chi connectivity index (χ3n) is 5.45. The standard InChI is InChI=1S/C20H23F2N3O3/c1-13-4-3-5-14(6-13)18-17(23-12-28-18)19(26)24-8-16(9-24)25-11-20(21,22)7-15(25)10-27-2/h3-6,12,15-16H,7-11H2,1-2H3/t15-/m0/s1. The highest BCUT2D eigenvalue weighted by Gasteiger charge is 2.50. The van der Waals surface area contributed by atoms with Crippen LogP contribution in [0.4, 0.5) is 8.78 Å². The highest BCUT2D eigenvalue weighted by molar-refractivity contribution is 5.98. The number of nitrogens with zero attached hydrogens (tertiary/aromatic N) is 3. The lowest BCUT2D eigenvalue weighted by Gasteiger charge is -2.45. The summed E-state index contributed by atoms with van der Waals surface area (Å²) in [6.07, 6.45) is 1.06. The van der Waals surface area contributed by atoms with Crippen molar-refractivity contribution in [2.75, 3.05) is 33.4 Å². The van der Waals surface area contributed by atoms with E-state index in [9.17, 15) is 13.6 Å². The molecule has 2 fully saturated rings. The second kappa shape index (κ2) is 7.25. The Balaban J connectivity index is 1.44. The van der Waals surface area contributed by atoms with Crippen molar-refractivity contribution >= 4 is 5.91 Å². The predicted molar refractivity (Wildman–Crippen MR) is 98.3 cm³/mol. The molecule has 0 radical (unpaired) electrons. The monoisotopic (exact) mass is 391 g/mol. The Kier molecular flexibility index (Phi) is 4.93. The number of carbonyl (C=O) groups is 1. The zero-order valence-corrected chi connectivity index (χ0v) is 15.9. The van der Waals surface area contributed by atoms with Crippen molar-refractivity contribution in [1.29, 1.82) is 0 Å². The topological polar surface area (TPSA) is 58.8 Å². The molecule has 4 rings (SSSR count). The number of benzene rings is 1. The fraction of sp³-hybridized carbons (Fsp3) is 0.500. The summed E-state index contributed by atoms with van der Waals surface area (Å²) in [4.78, 5) is 20.4. The summed E-state index contributed by atoms with van der Waals surface area (Å²) in [5.74, 6) is -2.52. The number of alkyl halides is 2. The molecule has 0 bridgehead atoms. The molecule has 1 atom stereocenters. The van der Waals surface area contributed by atoms with Gasteiger partial charge in [0.1, 0.15) is 0 Å². The van der Waals surface area contributed by atoms with E-state index in [2.05, 4.69) is 4.98 Å². The quantitative estimate of drug-likeness (QED) is 0.785. The maximum atomic E-state index is 13.8. The fourth-order valence-electron chi connectivity index (χ4n) is 4.07. The molecule has 6 nitrogen and oxygen atoms in total. The van der Waals surface area contributed by atoms with Gasteiger partial charge in [-0.05, 0) is 13.0 Å². The second-order valence-electron chi connectivity index (χ2n) is 7.61. The Morgan fingerprint density at radius 1 is 1.39 bits per heavy atom. The van der Waals surface area contributed by atoms with E-state index in [0.29, 0.717) is 18.8 Å². The second-order valence-corrected chi connectivity index (χ2v) is 7.61. The maximum absolute atomic E-state index is 13.8. The first-order valence-corrected chi connectivity index (χ1v) is 9.30. The van der Waals surface area contributed by atoms with E-state index < -0.39 is 5.92 Å². The number of methoxy groups -OCH3 is 1. The highest BCUT2D eigenvalue weighted by Crippen LogP contribution is 2.36. The smallest absolute Gasteiger partial charge is 0.276 e. The third-order valence-corrected chi connectivity index (χ3v) is 5.45. The number of carbonyl (C=O) groups excluding carboxylic acids is 1.